The molecule has 2 heteroatoms. The average Bonchev–Trinajstić information content (AvgIpc) is 2.30. The molecule has 76 valence electrons. The summed E-state index contributed by atoms with van der Waals surface area (Å²) in [5, 5.41) is 0. The molecule has 1 aliphatic rings. The fraction of sp³-hybridized carbons (Fsp3) is 0.500. The largest absolute Gasteiger partial charge is 0.381 e. The summed E-state index contributed by atoms with van der Waals surface area (Å²) in [6.07, 6.45) is 2.42. The van der Waals surface area contributed by atoms with Crippen LogP contribution in [-0.4, -0.2) is 13.2 Å². The van der Waals surface area contributed by atoms with Crippen LogP contribution in [0.5, 0.6) is 0 Å². The predicted molar refractivity (Wildman–Crippen MR) is 57.1 cm³/mol. The van der Waals surface area contributed by atoms with Crippen LogP contribution in [-0.2, 0) is 11.3 Å². The molecule has 0 aromatic heterocycles. The lowest BCUT2D eigenvalue weighted by molar-refractivity contribution is 0.0804. The summed E-state index contributed by atoms with van der Waals surface area (Å²) in [5.74, 6) is 0.579. The second-order valence-electron chi connectivity index (χ2n) is 3.86. The van der Waals surface area contributed by atoms with Crippen molar-refractivity contribution in [1.82, 2.24) is 0 Å². The summed E-state index contributed by atoms with van der Waals surface area (Å²) in [5.41, 5.74) is 8.21. The summed E-state index contributed by atoms with van der Waals surface area (Å²) >= 11 is 0. The molecular weight excluding hydrogens is 174 g/mol. The van der Waals surface area contributed by atoms with Crippen molar-refractivity contribution >= 4 is 0 Å². The van der Waals surface area contributed by atoms with Crippen LogP contribution in [0.4, 0.5) is 0 Å². The average molecular weight is 191 g/mol. The van der Waals surface area contributed by atoms with Crippen molar-refractivity contribution < 1.29 is 4.74 Å². The van der Waals surface area contributed by atoms with E-state index in [0.29, 0.717) is 12.5 Å². The van der Waals surface area contributed by atoms with E-state index >= 15 is 0 Å². The van der Waals surface area contributed by atoms with Crippen molar-refractivity contribution in [2.75, 3.05) is 13.2 Å². The van der Waals surface area contributed by atoms with E-state index in [1.54, 1.807) is 0 Å². The molecule has 0 radical (unpaired) electrons. The van der Waals surface area contributed by atoms with Crippen molar-refractivity contribution in [3.63, 3.8) is 0 Å². The van der Waals surface area contributed by atoms with Crippen molar-refractivity contribution in [2.45, 2.75) is 25.3 Å². The molecule has 1 fully saturated rings. The highest BCUT2D eigenvalue weighted by molar-refractivity contribution is 5.26. The van der Waals surface area contributed by atoms with Crippen LogP contribution in [0.2, 0.25) is 0 Å². The van der Waals surface area contributed by atoms with Gasteiger partial charge < -0.3 is 10.5 Å². The lowest BCUT2D eigenvalue weighted by Crippen LogP contribution is -2.15. The zero-order valence-electron chi connectivity index (χ0n) is 8.41. The Bertz CT molecular complexity index is 292. The Labute approximate surface area is 85.1 Å². The molecule has 0 saturated carbocycles. The van der Waals surface area contributed by atoms with Gasteiger partial charge in [-0.25, -0.2) is 0 Å². The Balaban J connectivity index is 2.13. The molecule has 1 heterocycles. The Morgan fingerprint density at radius 1 is 1.43 bits per heavy atom. The minimum Gasteiger partial charge on any atom is -0.381 e. The third-order valence-electron chi connectivity index (χ3n) is 2.82. The van der Waals surface area contributed by atoms with E-state index in [1.807, 2.05) is 0 Å². The van der Waals surface area contributed by atoms with E-state index in [4.69, 9.17) is 10.5 Å². The van der Waals surface area contributed by atoms with Gasteiger partial charge in [0.25, 0.3) is 0 Å². The Kier molecular flexibility index (Phi) is 3.17. The Morgan fingerprint density at radius 3 is 3.07 bits per heavy atom. The highest BCUT2D eigenvalue weighted by Gasteiger charge is 2.15. The smallest absolute Gasteiger partial charge is 0.0534 e. The summed E-state index contributed by atoms with van der Waals surface area (Å²) < 4.78 is 5.48. The van der Waals surface area contributed by atoms with Gasteiger partial charge in [-0.15, -0.1) is 0 Å². The SMILES string of the molecule is NCc1cccc(C2CCCOC2)c1. The third-order valence-corrected chi connectivity index (χ3v) is 2.82. The highest BCUT2D eigenvalue weighted by Crippen LogP contribution is 2.25. The number of ether oxygens (including phenoxy) is 1. The second-order valence-corrected chi connectivity index (χ2v) is 3.86. The molecule has 2 N–H and O–H groups in total. The fourth-order valence-electron chi connectivity index (χ4n) is 1.98. The maximum absolute atomic E-state index is 5.62. The lowest BCUT2D eigenvalue weighted by Gasteiger charge is -2.22. The number of hydrogen-bond donors (Lipinski definition) is 1. The first-order chi connectivity index (χ1) is 6.90. The van der Waals surface area contributed by atoms with Crippen LogP contribution in [0.15, 0.2) is 24.3 Å². The molecular formula is C12H17NO. The van der Waals surface area contributed by atoms with E-state index in [2.05, 4.69) is 24.3 Å². The van der Waals surface area contributed by atoms with E-state index < -0.39 is 0 Å². The minimum atomic E-state index is 0.579. The van der Waals surface area contributed by atoms with Gasteiger partial charge in [-0.05, 0) is 24.0 Å². The van der Waals surface area contributed by atoms with Crippen molar-refractivity contribution in [2.24, 2.45) is 5.73 Å². The molecule has 1 saturated heterocycles. The fourth-order valence-corrected chi connectivity index (χ4v) is 1.98. The van der Waals surface area contributed by atoms with Gasteiger partial charge in [0.05, 0.1) is 6.61 Å². The van der Waals surface area contributed by atoms with Gasteiger partial charge in [-0.2, -0.15) is 0 Å². The van der Waals surface area contributed by atoms with Crippen molar-refractivity contribution in [3.05, 3.63) is 35.4 Å². The number of benzene rings is 1. The van der Waals surface area contributed by atoms with Gasteiger partial charge in [0, 0.05) is 19.1 Å². The van der Waals surface area contributed by atoms with Gasteiger partial charge in [-0.3, -0.25) is 0 Å². The molecule has 0 spiro atoms. The molecule has 14 heavy (non-hydrogen) atoms. The van der Waals surface area contributed by atoms with Gasteiger partial charge in [-0.1, -0.05) is 24.3 Å². The monoisotopic (exact) mass is 191 g/mol. The number of nitrogens with two attached hydrogens (primary N) is 1. The first-order valence-corrected chi connectivity index (χ1v) is 5.27. The number of hydrogen-bond acceptors (Lipinski definition) is 2. The summed E-state index contributed by atoms with van der Waals surface area (Å²) in [7, 11) is 0. The van der Waals surface area contributed by atoms with E-state index in [9.17, 15) is 0 Å². The van der Waals surface area contributed by atoms with E-state index in [0.717, 1.165) is 13.2 Å². The lowest BCUT2D eigenvalue weighted by atomic mass is 9.92. The van der Waals surface area contributed by atoms with E-state index in [-0.39, 0.29) is 0 Å². The second kappa shape index (κ2) is 4.58. The summed E-state index contributed by atoms with van der Waals surface area (Å²) in [4.78, 5) is 0. The zero-order chi connectivity index (χ0) is 9.80. The van der Waals surface area contributed by atoms with Crippen LogP contribution in [0.25, 0.3) is 0 Å². The first kappa shape index (κ1) is 9.69. The Hall–Kier alpha value is -0.860. The van der Waals surface area contributed by atoms with Gasteiger partial charge in [0.2, 0.25) is 0 Å². The minimum absolute atomic E-state index is 0.579. The van der Waals surface area contributed by atoms with Crippen LogP contribution >= 0.6 is 0 Å². The first-order valence-electron chi connectivity index (χ1n) is 5.27. The summed E-state index contributed by atoms with van der Waals surface area (Å²) in [6.45, 7) is 2.42. The maximum atomic E-state index is 5.62. The van der Waals surface area contributed by atoms with Gasteiger partial charge >= 0.3 is 0 Å². The standard InChI is InChI=1S/C12H17NO/c13-8-10-3-1-4-11(7-10)12-5-2-6-14-9-12/h1,3-4,7,12H,2,5-6,8-9,13H2. The van der Waals surface area contributed by atoms with Crippen molar-refractivity contribution in [3.8, 4) is 0 Å². The quantitative estimate of drug-likeness (QED) is 0.776. The van der Waals surface area contributed by atoms with Crippen molar-refractivity contribution in [1.29, 1.82) is 0 Å². The van der Waals surface area contributed by atoms with Crippen LogP contribution in [0, 0.1) is 0 Å². The third kappa shape index (κ3) is 2.14. The van der Waals surface area contributed by atoms with Gasteiger partial charge in [0.15, 0.2) is 0 Å². The molecule has 1 aliphatic heterocycles. The van der Waals surface area contributed by atoms with Gasteiger partial charge in [0.1, 0.15) is 0 Å². The van der Waals surface area contributed by atoms with E-state index in [1.165, 1.54) is 24.0 Å². The maximum Gasteiger partial charge on any atom is 0.0534 e. The molecule has 1 aromatic rings. The molecule has 2 nitrogen and oxygen atoms in total. The zero-order valence-corrected chi connectivity index (χ0v) is 8.41. The topological polar surface area (TPSA) is 35.2 Å². The normalized spacial score (nSPS) is 22.2. The molecule has 0 aliphatic carbocycles. The molecule has 1 atom stereocenters. The van der Waals surface area contributed by atoms with Crippen LogP contribution in [0.1, 0.15) is 29.9 Å². The summed E-state index contributed by atoms with van der Waals surface area (Å²) in [6, 6.07) is 8.55. The molecule has 1 unspecified atom stereocenters. The Morgan fingerprint density at radius 2 is 2.36 bits per heavy atom. The molecule has 0 bridgehead atoms. The molecule has 1 aromatic carbocycles. The molecule has 2 rings (SSSR count). The van der Waals surface area contributed by atoms with Crippen LogP contribution in [0.3, 0.4) is 0 Å². The predicted octanol–water partition coefficient (Wildman–Crippen LogP) is 2.04. The highest BCUT2D eigenvalue weighted by atomic mass is 16.5. The van der Waals surface area contributed by atoms with Crippen LogP contribution < -0.4 is 5.73 Å². The number of rotatable bonds is 2. The molecule has 0 amide bonds.